The largest absolute Gasteiger partial charge is 0.328 e. The van der Waals surface area contributed by atoms with Gasteiger partial charge in [0, 0.05) is 28.2 Å². The zero-order chi connectivity index (χ0) is 12.1. The molecule has 0 aliphatic carbocycles. The van der Waals surface area contributed by atoms with E-state index in [-0.39, 0.29) is 17.4 Å². The third-order valence-electron chi connectivity index (χ3n) is 2.13. The second-order valence-corrected chi connectivity index (χ2v) is 5.37. The Hall–Kier alpha value is -0.810. The first-order valence-electron chi connectivity index (χ1n) is 5.03. The maximum Gasteiger partial charge on any atom is 0.127 e. The summed E-state index contributed by atoms with van der Waals surface area (Å²) in [6.07, 6.45) is 0.615. The molecule has 0 fully saturated rings. The second-order valence-electron chi connectivity index (χ2n) is 3.79. The van der Waals surface area contributed by atoms with Gasteiger partial charge in [-0.1, -0.05) is 0 Å². The summed E-state index contributed by atoms with van der Waals surface area (Å²) < 4.78 is 37.6. The van der Waals surface area contributed by atoms with Crippen molar-refractivity contribution in [3.8, 4) is 0 Å². The van der Waals surface area contributed by atoms with E-state index in [1.807, 2.05) is 6.92 Å². The van der Waals surface area contributed by atoms with Crippen LogP contribution < -0.4 is 5.73 Å². The van der Waals surface area contributed by atoms with Crippen LogP contribution in [0.5, 0.6) is 0 Å². The molecule has 0 aliphatic rings. The van der Waals surface area contributed by atoms with E-state index in [4.69, 9.17) is 5.73 Å². The highest BCUT2D eigenvalue weighted by atomic mass is 32.2. The zero-order valence-corrected chi connectivity index (χ0v) is 9.90. The average Bonchev–Trinajstić information content (AvgIpc) is 2.20. The number of rotatable bonds is 5. The Morgan fingerprint density at radius 3 is 2.75 bits per heavy atom. The Kier molecular flexibility index (Phi) is 5.02. The van der Waals surface area contributed by atoms with Crippen LogP contribution in [0.1, 0.15) is 18.9 Å². The van der Waals surface area contributed by atoms with Crippen molar-refractivity contribution < 1.29 is 13.0 Å². The van der Waals surface area contributed by atoms with Crippen LogP contribution in [-0.4, -0.2) is 16.0 Å². The summed E-state index contributed by atoms with van der Waals surface area (Å²) in [6, 6.07) is 3.15. The minimum atomic E-state index is -1.20. The lowest BCUT2D eigenvalue weighted by molar-refractivity contribution is 0.590. The highest BCUT2D eigenvalue weighted by molar-refractivity contribution is 7.84. The molecule has 0 bridgehead atoms. The Morgan fingerprint density at radius 1 is 1.44 bits per heavy atom. The molecular weight excluding hydrogens is 232 g/mol. The minimum Gasteiger partial charge on any atom is -0.328 e. The summed E-state index contributed by atoms with van der Waals surface area (Å²) in [5, 5.41) is 0. The van der Waals surface area contributed by atoms with Crippen LogP contribution in [0.15, 0.2) is 18.2 Å². The monoisotopic (exact) mass is 247 g/mol. The summed E-state index contributed by atoms with van der Waals surface area (Å²) in [6.45, 7) is 1.82. The lowest BCUT2D eigenvalue weighted by Gasteiger charge is -2.06. The van der Waals surface area contributed by atoms with Crippen molar-refractivity contribution in [1.82, 2.24) is 0 Å². The zero-order valence-electron chi connectivity index (χ0n) is 9.08. The van der Waals surface area contributed by atoms with Crippen molar-refractivity contribution in [2.24, 2.45) is 5.73 Å². The van der Waals surface area contributed by atoms with Crippen molar-refractivity contribution >= 4 is 10.8 Å². The van der Waals surface area contributed by atoms with Crippen LogP contribution in [-0.2, 0) is 16.6 Å². The van der Waals surface area contributed by atoms with E-state index in [9.17, 15) is 13.0 Å². The highest BCUT2D eigenvalue weighted by Crippen LogP contribution is 2.12. The van der Waals surface area contributed by atoms with Crippen molar-refractivity contribution in [1.29, 1.82) is 0 Å². The highest BCUT2D eigenvalue weighted by Gasteiger charge is 2.08. The molecule has 0 aliphatic heterocycles. The molecule has 0 aromatic heterocycles. The first-order chi connectivity index (χ1) is 7.49. The van der Waals surface area contributed by atoms with E-state index in [2.05, 4.69) is 0 Å². The van der Waals surface area contributed by atoms with Crippen molar-refractivity contribution in [3.63, 3.8) is 0 Å². The van der Waals surface area contributed by atoms with Crippen LogP contribution in [0, 0.1) is 11.6 Å². The molecule has 0 heterocycles. The number of nitrogens with two attached hydrogens (primary N) is 1. The molecule has 0 saturated heterocycles. The molecule has 0 radical (unpaired) electrons. The van der Waals surface area contributed by atoms with Gasteiger partial charge in [-0.15, -0.1) is 0 Å². The predicted molar refractivity (Wildman–Crippen MR) is 61.3 cm³/mol. The second kappa shape index (κ2) is 6.06. The van der Waals surface area contributed by atoms with Gasteiger partial charge < -0.3 is 5.73 Å². The molecule has 0 saturated carbocycles. The predicted octanol–water partition coefficient (Wildman–Crippen LogP) is 1.95. The summed E-state index contributed by atoms with van der Waals surface area (Å²) in [5.74, 6) is -0.583. The maximum atomic E-state index is 13.2. The van der Waals surface area contributed by atoms with Crippen LogP contribution in [0.2, 0.25) is 0 Å². The van der Waals surface area contributed by atoms with Crippen LogP contribution in [0.3, 0.4) is 0 Å². The SMILES string of the molecule is CC(N)CCS(=O)Cc1cc(F)ccc1F. The van der Waals surface area contributed by atoms with E-state index >= 15 is 0 Å². The van der Waals surface area contributed by atoms with Gasteiger partial charge in [0.2, 0.25) is 0 Å². The Morgan fingerprint density at radius 2 is 2.12 bits per heavy atom. The van der Waals surface area contributed by atoms with Crippen molar-refractivity contribution in [2.75, 3.05) is 5.75 Å². The molecule has 0 spiro atoms. The number of halogens is 2. The molecule has 2 nitrogen and oxygen atoms in total. The summed E-state index contributed by atoms with van der Waals surface area (Å²) in [5.41, 5.74) is 5.68. The lowest BCUT2D eigenvalue weighted by Crippen LogP contribution is -2.18. The number of hydrogen-bond acceptors (Lipinski definition) is 2. The van der Waals surface area contributed by atoms with Crippen LogP contribution in [0.25, 0.3) is 0 Å². The van der Waals surface area contributed by atoms with E-state index in [1.165, 1.54) is 0 Å². The smallest absolute Gasteiger partial charge is 0.127 e. The van der Waals surface area contributed by atoms with Crippen LogP contribution >= 0.6 is 0 Å². The third-order valence-corrected chi connectivity index (χ3v) is 3.45. The first-order valence-corrected chi connectivity index (χ1v) is 6.52. The number of benzene rings is 1. The van der Waals surface area contributed by atoms with Crippen LogP contribution in [0.4, 0.5) is 8.78 Å². The average molecular weight is 247 g/mol. The molecule has 2 N–H and O–H groups in total. The van der Waals surface area contributed by atoms with Gasteiger partial charge in [0.1, 0.15) is 11.6 Å². The molecule has 2 atom stereocenters. The lowest BCUT2D eigenvalue weighted by atomic mass is 10.2. The van der Waals surface area contributed by atoms with Crippen molar-refractivity contribution in [3.05, 3.63) is 35.4 Å². The Bertz CT molecular complexity index is 382. The molecule has 1 aromatic carbocycles. The molecule has 1 aromatic rings. The van der Waals surface area contributed by atoms with Gasteiger partial charge in [-0.25, -0.2) is 8.78 Å². The van der Waals surface area contributed by atoms with Gasteiger partial charge in [0.25, 0.3) is 0 Å². The first kappa shape index (κ1) is 13.3. The Labute approximate surface area is 96.3 Å². The van der Waals surface area contributed by atoms with Gasteiger partial charge in [-0.3, -0.25) is 4.21 Å². The van der Waals surface area contributed by atoms with Gasteiger partial charge in [-0.05, 0) is 31.5 Å². The van der Waals surface area contributed by atoms with E-state index in [1.54, 1.807) is 0 Å². The molecule has 1 rings (SSSR count). The molecule has 90 valence electrons. The maximum absolute atomic E-state index is 13.2. The van der Waals surface area contributed by atoms with E-state index in [0.717, 1.165) is 18.2 Å². The molecule has 5 heteroatoms. The third kappa shape index (κ3) is 4.37. The standard InChI is InChI=1S/C11H15F2NOS/c1-8(14)4-5-16(15)7-9-6-10(12)2-3-11(9)13/h2-3,6,8H,4-5,7,14H2,1H3. The van der Waals surface area contributed by atoms with E-state index < -0.39 is 22.4 Å². The molecular formula is C11H15F2NOS. The summed E-state index contributed by atoms with van der Waals surface area (Å²) >= 11 is 0. The molecule has 16 heavy (non-hydrogen) atoms. The molecule has 0 amide bonds. The normalized spacial score (nSPS) is 14.8. The quantitative estimate of drug-likeness (QED) is 0.864. The number of hydrogen-bond donors (Lipinski definition) is 1. The minimum absolute atomic E-state index is 0.0266. The Balaban J connectivity index is 2.59. The fraction of sp³-hybridized carbons (Fsp3) is 0.455. The van der Waals surface area contributed by atoms with E-state index in [0.29, 0.717) is 12.2 Å². The summed E-state index contributed by atoms with van der Waals surface area (Å²) in [4.78, 5) is 0. The topological polar surface area (TPSA) is 43.1 Å². The summed E-state index contributed by atoms with van der Waals surface area (Å²) in [7, 11) is -1.20. The van der Waals surface area contributed by atoms with Gasteiger partial charge in [0.05, 0.1) is 5.75 Å². The molecule has 2 unspecified atom stereocenters. The fourth-order valence-corrected chi connectivity index (χ4v) is 2.56. The van der Waals surface area contributed by atoms with Crippen molar-refractivity contribution in [2.45, 2.75) is 25.1 Å². The van der Waals surface area contributed by atoms with Gasteiger partial charge in [0.15, 0.2) is 0 Å². The van der Waals surface area contributed by atoms with Gasteiger partial charge in [-0.2, -0.15) is 0 Å². The van der Waals surface area contributed by atoms with Gasteiger partial charge >= 0.3 is 0 Å². The fourth-order valence-electron chi connectivity index (χ4n) is 1.22.